The molecule has 4 N–H and O–H groups in total. The van der Waals surface area contributed by atoms with Crippen LogP contribution in [0.2, 0.25) is 0 Å². The largest absolute Gasteiger partial charge is 0.325 e. The molecule has 114 valence electrons. The molecule has 1 aromatic carbocycles. The number of hydrogen-bond acceptors (Lipinski definition) is 4. The maximum atomic E-state index is 13.7. The van der Waals surface area contributed by atoms with E-state index in [4.69, 9.17) is 5.73 Å². The Morgan fingerprint density at radius 2 is 1.95 bits per heavy atom. The fourth-order valence-corrected chi connectivity index (χ4v) is 3.32. The van der Waals surface area contributed by atoms with E-state index in [1.165, 1.54) is 13.8 Å². The van der Waals surface area contributed by atoms with Crippen LogP contribution in [0, 0.1) is 25.5 Å². The summed E-state index contributed by atoms with van der Waals surface area (Å²) in [5.74, 6) is -1.58. The number of nitrogens with one attached hydrogen (secondary N) is 2. The smallest absolute Gasteiger partial charge is 0.265 e. The zero-order valence-corrected chi connectivity index (χ0v) is 12.2. The molecule has 1 aromatic heterocycles. The van der Waals surface area contributed by atoms with Crippen molar-refractivity contribution in [3.63, 3.8) is 0 Å². The summed E-state index contributed by atoms with van der Waals surface area (Å²) in [4.78, 5) is -0.162. The number of sulfonamides is 1. The zero-order chi connectivity index (χ0) is 15.8. The van der Waals surface area contributed by atoms with Gasteiger partial charge in [-0.2, -0.15) is 5.10 Å². The lowest BCUT2D eigenvalue weighted by molar-refractivity contribution is 0.590. The van der Waals surface area contributed by atoms with Crippen molar-refractivity contribution >= 4 is 15.7 Å². The van der Waals surface area contributed by atoms with Gasteiger partial charge in [0.05, 0.1) is 17.1 Å². The Labute approximate surface area is 120 Å². The summed E-state index contributed by atoms with van der Waals surface area (Å²) in [6.07, 6.45) is 0. The standard InChI is InChI=1S/C12H14F2N4O2S/c1-6-3-9(14)10(4-8(6)13)18-21(19,20)12-7(2)16-17-11(12)5-15/h3-4,18H,5,15H2,1-2H3,(H,16,17). The van der Waals surface area contributed by atoms with Gasteiger partial charge in [0.2, 0.25) is 0 Å². The highest BCUT2D eigenvalue weighted by molar-refractivity contribution is 7.92. The second-order valence-electron chi connectivity index (χ2n) is 4.52. The molecule has 0 aliphatic heterocycles. The van der Waals surface area contributed by atoms with E-state index in [2.05, 4.69) is 10.2 Å². The summed E-state index contributed by atoms with van der Waals surface area (Å²) in [5.41, 5.74) is 5.41. The normalized spacial score (nSPS) is 11.7. The van der Waals surface area contributed by atoms with Gasteiger partial charge >= 0.3 is 0 Å². The number of benzene rings is 1. The SMILES string of the molecule is Cc1cc(F)c(NS(=O)(=O)c2c(CN)n[nH]c2C)cc1F. The number of aromatic nitrogens is 2. The summed E-state index contributed by atoms with van der Waals surface area (Å²) >= 11 is 0. The highest BCUT2D eigenvalue weighted by Crippen LogP contribution is 2.24. The summed E-state index contributed by atoms with van der Waals surface area (Å²) in [5, 5.41) is 6.26. The molecule has 0 saturated heterocycles. The molecule has 0 atom stereocenters. The monoisotopic (exact) mass is 316 g/mol. The second-order valence-corrected chi connectivity index (χ2v) is 6.13. The Kier molecular flexibility index (Phi) is 3.97. The van der Waals surface area contributed by atoms with Crippen LogP contribution in [0.25, 0.3) is 0 Å². The lowest BCUT2D eigenvalue weighted by atomic mass is 10.2. The van der Waals surface area contributed by atoms with Gasteiger partial charge in [-0.3, -0.25) is 9.82 Å². The molecule has 0 aliphatic carbocycles. The number of H-pyrrole nitrogens is 1. The molecule has 0 radical (unpaired) electrons. The van der Waals surface area contributed by atoms with Crippen molar-refractivity contribution in [1.29, 1.82) is 0 Å². The fraction of sp³-hybridized carbons (Fsp3) is 0.250. The van der Waals surface area contributed by atoms with Crippen molar-refractivity contribution in [2.45, 2.75) is 25.3 Å². The quantitative estimate of drug-likeness (QED) is 0.797. The van der Waals surface area contributed by atoms with E-state index < -0.39 is 27.3 Å². The minimum absolute atomic E-state index is 0.0811. The maximum Gasteiger partial charge on any atom is 0.265 e. The van der Waals surface area contributed by atoms with E-state index in [1.54, 1.807) is 0 Å². The van der Waals surface area contributed by atoms with Crippen LogP contribution in [-0.2, 0) is 16.6 Å². The van der Waals surface area contributed by atoms with E-state index in [-0.39, 0.29) is 28.4 Å². The summed E-state index contributed by atoms with van der Waals surface area (Å²) < 4.78 is 53.8. The number of anilines is 1. The van der Waals surface area contributed by atoms with Crippen molar-refractivity contribution in [1.82, 2.24) is 10.2 Å². The van der Waals surface area contributed by atoms with Crippen molar-refractivity contribution in [3.05, 3.63) is 40.7 Å². The number of hydrogen-bond donors (Lipinski definition) is 3. The van der Waals surface area contributed by atoms with Crippen LogP contribution >= 0.6 is 0 Å². The molecule has 0 spiro atoms. The number of nitrogens with zero attached hydrogens (tertiary/aromatic N) is 1. The van der Waals surface area contributed by atoms with Gasteiger partial charge in [-0.15, -0.1) is 0 Å². The minimum atomic E-state index is -4.13. The minimum Gasteiger partial charge on any atom is -0.325 e. The van der Waals surface area contributed by atoms with Crippen molar-refractivity contribution in [2.24, 2.45) is 5.73 Å². The molecule has 6 nitrogen and oxygen atoms in total. The molecular weight excluding hydrogens is 302 g/mol. The van der Waals surface area contributed by atoms with Gasteiger partial charge in [0.15, 0.2) is 0 Å². The van der Waals surface area contributed by atoms with E-state index >= 15 is 0 Å². The predicted octanol–water partition coefficient (Wildman–Crippen LogP) is 1.56. The van der Waals surface area contributed by atoms with Gasteiger partial charge in [0.1, 0.15) is 16.5 Å². The topological polar surface area (TPSA) is 101 Å². The molecular formula is C12H14F2N4O2S. The van der Waals surface area contributed by atoms with Gasteiger partial charge in [0.25, 0.3) is 10.0 Å². The van der Waals surface area contributed by atoms with Crippen LogP contribution in [0.5, 0.6) is 0 Å². The number of aromatic amines is 1. The third kappa shape index (κ3) is 2.88. The number of aryl methyl sites for hydroxylation is 2. The molecule has 2 rings (SSSR count). The number of halogens is 2. The summed E-state index contributed by atoms with van der Waals surface area (Å²) in [7, 11) is -4.13. The average molecular weight is 316 g/mol. The second kappa shape index (κ2) is 5.41. The lowest BCUT2D eigenvalue weighted by Crippen LogP contribution is -2.17. The fourth-order valence-electron chi connectivity index (χ4n) is 1.88. The Hall–Kier alpha value is -2.00. The molecule has 0 amide bonds. The molecule has 0 bridgehead atoms. The molecule has 0 unspecified atom stereocenters. The van der Waals surface area contributed by atoms with Crippen LogP contribution in [0.4, 0.5) is 14.5 Å². The van der Waals surface area contributed by atoms with Gasteiger partial charge in [-0.1, -0.05) is 0 Å². The first kappa shape index (κ1) is 15.4. The Balaban J connectivity index is 2.47. The maximum absolute atomic E-state index is 13.7. The Morgan fingerprint density at radius 1 is 1.29 bits per heavy atom. The third-order valence-corrected chi connectivity index (χ3v) is 4.48. The predicted molar refractivity (Wildman–Crippen MR) is 73.1 cm³/mol. The van der Waals surface area contributed by atoms with E-state index in [0.29, 0.717) is 0 Å². The van der Waals surface area contributed by atoms with Crippen LogP contribution in [0.3, 0.4) is 0 Å². The molecule has 0 aliphatic rings. The van der Waals surface area contributed by atoms with E-state index in [9.17, 15) is 17.2 Å². The zero-order valence-electron chi connectivity index (χ0n) is 11.4. The third-order valence-electron chi connectivity index (χ3n) is 2.92. The number of rotatable bonds is 4. The van der Waals surface area contributed by atoms with Gasteiger partial charge in [0, 0.05) is 12.6 Å². The van der Waals surface area contributed by atoms with E-state index in [0.717, 1.165) is 12.1 Å². The summed E-state index contributed by atoms with van der Waals surface area (Å²) in [6, 6.07) is 1.71. The van der Waals surface area contributed by atoms with Crippen LogP contribution in [-0.4, -0.2) is 18.6 Å². The molecule has 0 fully saturated rings. The van der Waals surface area contributed by atoms with Crippen molar-refractivity contribution < 1.29 is 17.2 Å². The molecule has 2 aromatic rings. The first-order valence-electron chi connectivity index (χ1n) is 5.98. The van der Waals surface area contributed by atoms with Gasteiger partial charge in [-0.05, 0) is 25.5 Å². The lowest BCUT2D eigenvalue weighted by Gasteiger charge is -2.10. The highest BCUT2D eigenvalue weighted by Gasteiger charge is 2.25. The van der Waals surface area contributed by atoms with Gasteiger partial charge in [-0.25, -0.2) is 17.2 Å². The van der Waals surface area contributed by atoms with Crippen molar-refractivity contribution in [3.8, 4) is 0 Å². The average Bonchev–Trinajstić information content (AvgIpc) is 2.77. The number of nitrogens with two attached hydrogens (primary N) is 1. The first-order valence-corrected chi connectivity index (χ1v) is 7.47. The summed E-state index contributed by atoms with van der Waals surface area (Å²) in [6.45, 7) is 2.77. The first-order chi connectivity index (χ1) is 9.76. The van der Waals surface area contributed by atoms with Crippen molar-refractivity contribution in [2.75, 3.05) is 4.72 Å². The van der Waals surface area contributed by atoms with E-state index in [1.807, 2.05) is 4.72 Å². The highest BCUT2D eigenvalue weighted by atomic mass is 32.2. The molecule has 21 heavy (non-hydrogen) atoms. The van der Waals surface area contributed by atoms with Crippen LogP contribution < -0.4 is 10.5 Å². The van der Waals surface area contributed by atoms with Crippen LogP contribution in [0.1, 0.15) is 17.0 Å². The Morgan fingerprint density at radius 3 is 2.57 bits per heavy atom. The van der Waals surface area contributed by atoms with Crippen LogP contribution in [0.15, 0.2) is 17.0 Å². The Bertz CT molecular complexity index is 787. The molecule has 9 heteroatoms. The molecule has 0 saturated carbocycles. The molecule has 1 heterocycles. The van der Waals surface area contributed by atoms with Gasteiger partial charge < -0.3 is 5.73 Å².